The van der Waals surface area contributed by atoms with Crippen LogP contribution in [0.2, 0.25) is 0 Å². The Morgan fingerprint density at radius 1 is 1.38 bits per heavy atom. The van der Waals surface area contributed by atoms with Gasteiger partial charge in [0, 0.05) is 19.7 Å². The molecule has 0 unspecified atom stereocenters. The van der Waals surface area contributed by atoms with Crippen molar-refractivity contribution >= 4 is 10.0 Å². The monoisotopic (exact) mass is 207 g/mol. The second kappa shape index (κ2) is 4.39. The molecule has 0 aromatic carbocycles. The Labute approximate surface area is 79.6 Å². The van der Waals surface area contributed by atoms with E-state index in [4.69, 9.17) is 5.11 Å². The first kappa shape index (κ1) is 10.9. The van der Waals surface area contributed by atoms with Crippen molar-refractivity contribution in [2.75, 3.05) is 19.4 Å². The van der Waals surface area contributed by atoms with Gasteiger partial charge in [0.25, 0.3) is 0 Å². The van der Waals surface area contributed by atoms with E-state index >= 15 is 0 Å². The van der Waals surface area contributed by atoms with Gasteiger partial charge in [-0.15, -0.1) is 0 Å². The van der Waals surface area contributed by atoms with Crippen molar-refractivity contribution in [1.29, 1.82) is 0 Å². The summed E-state index contributed by atoms with van der Waals surface area (Å²) in [6, 6.07) is 0.249. The highest BCUT2D eigenvalue weighted by Crippen LogP contribution is 2.27. The zero-order chi connectivity index (χ0) is 9.90. The molecule has 0 atom stereocenters. The maximum Gasteiger partial charge on any atom is 0.214 e. The van der Waals surface area contributed by atoms with Gasteiger partial charge in [-0.05, 0) is 25.7 Å². The van der Waals surface area contributed by atoms with Crippen molar-refractivity contribution in [3.05, 3.63) is 0 Å². The van der Waals surface area contributed by atoms with E-state index in [2.05, 4.69) is 0 Å². The number of sulfonamides is 1. The second-order valence-electron chi connectivity index (χ2n) is 3.49. The maximum absolute atomic E-state index is 11.5. The summed E-state index contributed by atoms with van der Waals surface area (Å²) in [5, 5.41) is 8.51. The Morgan fingerprint density at radius 3 is 2.46 bits per heavy atom. The van der Waals surface area contributed by atoms with E-state index in [1.165, 1.54) is 4.31 Å². The topological polar surface area (TPSA) is 57.6 Å². The third kappa shape index (κ3) is 3.25. The molecule has 0 heterocycles. The lowest BCUT2D eigenvalue weighted by Gasteiger charge is -2.15. The van der Waals surface area contributed by atoms with Crippen molar-refractivity contribution in [3.8, 4) is 0 Å². The summed E-state index contributed by atoms with van der Waals surface area (Å²) in [6.45, 7) is 0.0721. The third-order valence-corrected chi connectivity index (χ3v) is 4.29. The molecule has 0 amide bonds. The Balaban J connectivity index is 2.35. The minimum atomic E-state index is -3.05. The van der Waals surface area contributed by atoms with Gasteiger partial charge in [-0.25, -0.2) is 12.7 Å². The zero-order valence-corrected chi connectivity index (χ0v) is 8.76. The lowest BCUT2D eigenvalue weighted by atomic mass is 10.4. The Bertz CT molecular complexity index is 246. The first-order valence-corrected chi connectivity index (χ1v) is 6.25. The van der Waals surface area contributed by atoms with Gasteiger partial charge in [0.15, 0.2) is 0 Å². The summed E-state index contributed by atoms with van der Waals surface area (Å²) in [5.41, 5.74) is 0. The number of aliphatic hydroxyl groups excluding tert-OH is 1. The highest BCUT2D eigenvalue weighted by atomic mass is 32.2. The molecule has 1 aliphatic carbocycles. The highest BCUT2D eigenvalue weighted by molar-refractivity contribution is 7.89. The SMILES string of the molecule is CN(C1CC1)S(=O)(=O)CCCCO. The van der Waals surface area contributed by atoms with Crippen molar-refractivity contribution < 1.29 is 13.5 Å². The number of unbranched alkanes of at least 4 members (excludes halogenated alkanes) is 1. The van der Waals surface area contributed by atoms with E-state index in [0.29, 0.717) is 12.8 Å². The molecular weight excluding hydrogens is 190 g/mol. The molecule has 0 spiro atoms. The van der Waals surface area contributed by atoms with Crippen LogP contribution in [0.4, 0.5) is 0 Å². The zero-order valence-electron chi connectivity index (χ0n) is 7.94. The minimum Gasteiger partial charge on any atom is -0.396 e. The fourth-order valence-corrected chi connectivity index (χ4v) is 2.73. The molecule has 13 heavy (non-hydrogen) atoms. The molecule has 0 radical (unpaired) electrons. The predicted octanol–water partition coefficient (Wildman–Crippen LogP) is 0.183. The molecule has 1 fully saturated rings. The summed E-state index contributed by atoms with van der Waals surface area (Å²) in [5.74, 6) is 0.167. The summed E-state index contributed by atoms with van der Waals surface area (Å²) >= 11 is 0. The van der Waals surface area contributed by atoms with E-state index in [9.17, 15) is 8.42 Å². The molecule has 0 bridgehead atoms. The van der Waals surface area contributed by atoms with E-state index in [1.807, 2.05) is 0 Å². The fraction of sp³-hybridized carbons (Fsp3) is 1.00. The Hall–Kier alpha value is -0.130. The van der Waals surface area contributed by atoms with Crippen LogP contribution in [0.1, 0.15) is 25.7 Å². The van der Waals surface area contributed by atoms with Crippen LogP contribution < -0.4 is 0 Å². The van der Waals surface area contributed by atoms with Gasteiger partial charge in [0.2, 0.25) is 10.0 Å². The lowest BCUT2D eigenvalue weighted by Crippen LogP contribution is -2.31. The molecule has 1 N–H and O–H groups in total. The lowest BCUT2D eigenvalue weighted by molar-refractivity contribution is 0.287. The van der Waals surface area contributed by atoms with Gasteiger partial charge >= 0.3 is 0 Å². The van der Waals surface area contributed by atoms with Crippen LogP contribution in [-0.4, -0.2) is 43.3 Å². The van der Waals surface area contributed by atoms with E-state index in [0.717, 1.165) is 12.8 Å². The summed E-state index contributed by atoms with van der Waals surface area (Å²) in [6.07, 6.45) is 3.11. The standard InChI is InChI=1S/C8H17NO3S/c1-9(8-4-5-8)13(11,12)7-3-2-6-10/h8,10H,2-7H2,1H3. The van der Waals surface area contributed by atoms with E-state index in [1.54, 1.807) is 7.05 Å². The number of hydrogen-bond donors (Lipinski definition) is 1. The number of rotatable bonds is 6. The summed E-state index contributed by atoms with van der Waals surface area (Å²) in [7, 11) is -1.40. The maximum atomic E-state index is 11.5. The average molecular weight is 207 g/mol. The van der Waals surface area contributed by atoms with Crippen molar-refractivity contribution in [3.63, 3.8) is 0 Å². The Morgan fingerprint density at radius 2 is 2.00 bits per heavy atom. The molecular formula is C8H17NO3S. The normalized spacial score (nSPS) is 18.1. The van der Waals surface area contributed by atoms with Crippen LogP contribution in [-0.2, 0) is 10.0 Å². The molecule has 0 aromatic heterocycles. The van der Waals surface area contributed by atoms with Crippen LogP contribution in [0.5, 0.6) is 0 Å². The van der Waals surface area contributed by atoms with Crippen LogP contribution in [0.15, 0.2) is 0 Å². The molecule has 0 aromatic rings. The van der Waals surface area contributed by atoms with Crippen molar-refractivity contribution in [1.82, 2.24) is 4.31 Å². The van der Waals surface area contributed by atoms with Crippen LogP contribution >= 0.6 is 0 Å². The van der Waals surface area contributed by atoms with Crippen LogP contribution in [0.25, 0.3) is 0 Å². The highest BCUT2D eigenvalue weighted by Gasteiger charge is 2.33. The smallest absolute Gasteiger partial charge is 0.214 e. The number of hydrogen-bond acceptors (Lipinski definition) is 3. The van der Waals surface area contributed by atoms with Gasteiger partial charge < -0.3 is 5.11 Å². The minimum absolute atomic E-state index is 0.0721. The molecule has 1 aliphatic rings. The molecule has 78 valence electrons. The Kier molecular flexibility index (Phi) is 3.70. The molecule has 4 nitrogen and oxygen atoms in total. The van der Waals surface area contributed by atoms with Gasteiger partial charge in [-0.2, -0.15) is 0 Å². The molecule has 1 rings (SSSR count). The number of nitrogens with zero attached hydrogens (tertiary/aromatic N) is 1. The van der Waals surface area contributed by atoms with Crippen LogP contribution in [0, 0.1) is 0 Å². The van der Waals surface area contributed by atoms with Gasteiger partial charge in [0.05, 0.1) is 5.75 Å². The summed E-state index contributed by atoms with van der Waals surface area (Å²) in [4.78, 5) is 0. The third-order valence-electron chi connectivity index (χ3n) is 2.31. The molecule has 5 heteroatoms. The fourth-order valence-electron chi connectivity index (χ4n) is 1.21. The molecule has 0 aliphatic heterocycles. The van der Waals surface area contributed by atoms with Gasteiger partial charge in [-0.3, -0.25) is 0 Å². The predicted molar refractivity (Wildman–Crippen MR) is 50.9 cm³/mol. The van der Waals surface area contributed by atoms with Crippen LogP contribution in [0.3, 0.4) is 0 Å². The largest absolute Gasteiger partial charge is 0.396 e. The quantitative estimate of drug-likeness (QED) is 0.632. The average Bonchev–Trinajstić information content (AvgIpc) is 2.86. The first-order valence-electron chi connectivity index (χ1n) is 4.64. The van der Waals surface area contributed by atoms with Gasteiger partial charge in [0.1, 0.15) is 0 Å². The van der Waals surface area contributed by atoms with E-state index < -0.39 is 10.0 Å². The van der Waals surface area contributed by atoms with Crippen molar-refractivity contribution in [2.45, 2.75) is 31.7 Å². The molecule has 1 saturated carbocycles. The van der Waals surface area contributed by atoms with Gasteiger partial charge in [-0.1, -0.05) is 0 Å². The van der Waals surface area contributed by atoms with Crippen molar-refractivity contribution in [2.24, 2.45) is 0 Å². The first-order chi connectivity index (χ1) is 6.08. The van der Waals surface area contributed by atoms with E-state index in [-0.39, 0.29) is 18.4 Å². The summed E-state index contributed by atoms with van der Waals surface area (Å²) < 4.78 is 24.5. The number of aliphatic hydroxyl groups is 1. The second-order valence-corrected chi connectivity index (χ2v) is 5.64. The molecule has 0 saturated heterocycles.